The topological polar surface area (TPSA) is 9.23 Å². The van der Waals surface area contributed by atoms with Crippen molar-refractivity contribution in [1.29, 1.82) is 0 Å². The number of ether oxygens (including phenoxy) is 1. The van der Waals surface area contributed by atoms with Crippen molar-refractivity contribution in [2.45, 2.75) is 38.2 Å². The maximum atomic E-state index is 5.91. The minimum atomic E-state index is 0.290. The van der Waals surface area contributed by atoms with Crippen LogP contribution in [-0.4, -0.2) is 16.6 Å². The highest BCUT2D eigenvalue weighted by atomic mass is 127. The molecular weight excluding hydrogens is 251 g/mol. The Morgan fingerprint density at radius 3 is 2.27 bits per heavy atom. The van der Waals surface area contributed by atoms with Gasteiger partial charge in [-0.15, -0.1) is 0 Å². The van der Waals surface area contributed by atoms with Gasteiger partial charge in [-0.3, -0.25) is 0 Å². The van der Waals surface area contributed by atoms with Gasteiger partial charge in [0.05, 0.1) is 12.2 Å². The molecule has 0 amide bonds. The molecule has 64 valence electrons. The second-order valence-corrected chi connectivity index (χ2v) is 5.18. The Morgan fingerprint density at radius 1 is 1.27 bits per heavy atom. The van der Waals surface area contributed by atoms with E-state index in [4.69, 9.17) is 4.74 Å². The zero-order valence-corrected chi connectivity index (χ0v) is 9.19. The molecule has 0 atom stereocenters. The van der Waals surface area contributed by atoms with Gasteiger partial charge in [-0.25, -0.2) is 0 Å². The minimum absolute atomic E-state index is 0.290. The number of hydrogen-bond acceptors (Lipinski definition) is 1. The summed E-state index contributed by atoms with van der Waals surface area (Å²) in [5.41, 5.74) is 0.825. The lowest BCUT2D eigenvalue weighted by Crippen LogP contribution is -2.50. The van der Waals surface area contributed by atoms with Crippen LogP contribution in [0.15, 0.2) is 0 Å². The zero-order chi connectivity index (χ0) is 7.95. The van der Waals surface area contributed by atoms with E-state index in [1.54, 1.807) is 0 Å². The van der Waals surface area contributed by atoms with Gasteiger partial charge < -0.3 is 4.74 Å². The van der Waals surface area contributed by atoms with Gasteiger partial charge in [-0.1, -0.05) is 29.5 Å². The van der Waals surface area contributed by atoms with Crippen LogP contribution in [0.1, 0.15) is 32.6 Å². The van der Waals surface area contributed by atoms with Gasteiger partial charge in [0.15, 0.2) is 0 Å². The van der Waals surface area contributed by atoms with E-state index in [-0.39, 0.29) is 5.60 Å². The summed E-state index contributed by atoms with van der Waals surface area (Å²) in [7, 11) is 0. The summed E-state index contributed by atoms with van der Waals surface area (Å²) < 4.78 is 7.09. The van der Waals surface area contributed by atoms with Crippen LogP contribution in [0.3, 0.4) is 0 Å². The lowest BCUT2D eigenvalue weighted by Gasteiger charge is -2.51. The molecule has 0 aromatic carbocycles. The molecule has 0 aromatic heterocycles. The Hall–Kier alpha value is 0.690. The molecule has 2 bridgehead atoms. The summed E-state index contributed by atoms with van der Waals surface area (Å²) in [6, 6.07) is 0. The lowest BCUT2D eigenvalue weighted by molar-refractivity contribution is -0.163. The van der Waals surface area contributed by atoms with Crippen LogP contribution >= 0.6 is 22.6 Å². The summed E-state index contributed by atoms with van der Waals surface area (Å²) in [5, 5.41) is 0. The smallest absolute Gasteiger partial charge is 0.0772 e. The molecule has 3 aliphatic rings. The Morgan fingerprint density at radius 2 is 1.91 bits per heavy atom. The van der Waals surface area contributed by atoms with Gasteiger partial charge in [0.2, 0.25) is 0 Å². The molecule has 1 nitrogen and oxygen atoms in total. The molecule has 2 heterocycles. The van der Waals surface area contributed by atoms with E-state index in [9.17, 15) is 0 Å². The summed E-state index contributed by atoms with van der Waals surface area (Å²) in [6.07, 6.45) is 5.37. The highest BCUT2D eigenvalue weighted by Gasteiger charge is 2.46. The Labute approximate surface area is 82.0 Å². The number of halogens is 1. The molecule has 0 radical (unpaired) electrons. The predicted octanol–water partition coefficient (Wildman–Crippen LogP) is 2.77. The van der Waals surface area contributed by atoms with Crippen molar-refractivity contribution in [2.75, 3.05) is 11.0 Å². The van der Waals surface area contributed by atoms with Crippen LogP contribution in [-0.2, 0) is 4.74 Å². The van der Waals surface area contributed by atoms with Crippen LogP contribution in [0.4, 0.5) is 0 Å². The molecule has 0 spiro atoms. The summed E-state index contributed by atoms with van der Waals surface area (Å²) >= 11 is 2.46. The normalized spacial score (nSPS) is 49.6. The van der Waals surface area contributed by atoms with Crippen molar-refractivity contribution in [2.24, 2.45) is 5.41 Å². The molecule has 3 fully saturated rings. The maximum Gasteiger partial charge on any atom is 0.0772 e. The van der Waals surface area contributed by atoms with Gasteiger partial charge in [-0.2, -0.15) is 0 Å². The first-order valence-corrected chi connectivity index (χ1v) is 5.91. The zero-order valence-electron chi connectivity index (χ0n) is 7.03. The van der Waals surface area contributed by atoms with Crippen molar-refractivity contribution in [3.63, 3.8) is 0 Å². The molecule has 2 aliphatic heterocycles. The minimum Gasteiger partial charge on any atom is -0.374 e. The summed E-state index contributed by atoms with van der Waals surface area (Å²) in [4.78, 5) is 0. The van der Waals surface area contributed by atoms with Crippen LogP contribution in [0.25, 0.3) is 0 Å². The fourth-order valence-electron chi connectivity index (χ4n) is 2.10. The first-order chi connectivity index (χ1) is 5.18. The monoisotopic (exact) mass is 266 g/mol. The molecule has 2 heteroatoms. The summed E-state index contributed by atoms with van der Waals surface area (Å²) in [6.45, 7) is 3.37. The molecule has 0 unspecified atom stereocenters. The Bertz CT molecular complexity index is 142. The van der Waals surface area contributed by atoms with E-state index in [0.717, 1.165) is 6.61 Å². The highest BCUT2D eigenvalue weighted by Crippen LogP contribution is 2.48. The van der Waals surface area contributed by atoms with Crippen LogP contribution < -0.4 is 0 Å². The third-order valence-electron chi connectivity index (χ3n) is 3.34. The largest absolute Gasteiger partial charge is 0.374 e. The predicted molar refractivity (Wildman–Crippen MR) is 54.1 cm³/mol. The second kappa shape index (κ2) is 2.59. The fourth-order valence-corrected chi connectivity index (χ4v) is 3.08. The lowest BCUT2D eigenvalue weighted by atomic mass is 9.68. The first-order valence-electron chi connectivity index (χ1n) is 4.38. The van der Waals surface area contributed by atoms with Crippen molar-refractivity contribution < 1.29 is 4.74 Å². The van der Waals surface area contributed by atoms with E-state index < -0.39 is 0 Å². The van der Waals surface area contributed by atoms with Crippen molar-refractivity contribution >= 4 is 22.6 Å². The van der Waals surface area contributed by atoms with Crippen molar-refractivity contribution in [1.82, 2.24) is 0 Å². The summed E-state index contributed by atoms with van der Waals surface area (Å²) in [5.74, 6) is 0. The first kappa shape index (κ1) is 8.30. The van der Waals surface area contributed by atoms with Gasteiger partial charge in [0, 0.05) is 4.43 Å². The van der Waals surface area contributed by atoms with Gasteiger partial charge >= 0.3 is 0 Å². The van der Waals surface area contributed by atoms with Gasteiger partial charge in [0.25, 0.3) is 0 Å². The molecule has 1 aliphatic carbocycles. The SMILES string of the molecule is CC12CCC(CI)(CC1)OC2. The number of fused-ring (bicyclic) bond motifs is 3. The number of hydrogen-bond donors (Lipinski definition) is 0. The van der Waals surface area contributed by atoms with E-state index >= 15 is 0 Å². The van der Waals surface area contributed by atoms with E-state index in [1.165, 1.54) is 30.1 Å². The molecule has 1 saturated carbocycles. The standard InChI is InChI=1S/C9H15IO/c1-8-2-4-9(6-10,5-3-8)11-7-8/h2-7H2,1H3. The number of alkyl halides is 1. The second-order valence-electron chi connectivity index (χ2n) is 4.42. The van der Waals surface area contributed by atoms with E-state index in [1.807, 2.05) is 0 Å². The molecule has 3 rings (SSSR count). The molecular formula is C9H15IO. The molecule has 0 N–H and O–H groups in total. The maximum absolute atomic E-state index is 5.91. The van der Waals surface area contributed by atoms with Crippen molar-refractivity contribution in [3.05, 3.63) is 0 Å². The Kier molecular flexibility index (Phi) is 1.95. The molecule has 0 aromatic rings. The van der Waals surface area contributed by atoms with Gasteiger partial charge in [-0.05, 0) is 31.1 Å². The van der Waals surface area contributed by atoms with Crippen LogP contribution in [0.5, 0.6) is 0 Å². The number of rotatable bonds is 1. The third kappa shape index (κ3) is 1.32. The van der Waals surface area contributed by atoms with Crippen LogP contribution in [0.2, 0.25) is 0 Å². The fraction of sp³-hybridized carbons (Fsp3) is 1.00. The third-order valence-corrected chi connectivity index (χ3v) is 4.73. The average Bonchev–Trinajstić information content (AvgIpc) is 2.07. The molecule has 11 heavy (non-hydrogen) atoms. The average molecular weight is 266 g/mol. The Balaban J connectivity index is 2.12. The van der Waals surface area contributed by atoms with Crippen LogP contribution in [0, 0.1) is 5.41 Å². The quantitative estimate of drug-likeness (QED) is 0.524. The van der Waals surface area contributed by atoms with Crippen molar-refractivity contribution in [3.8, 4) is 0 Å². The van der Waals surface area contributed by atoms with Gasteiger partial charge in [0.1, 0.15) is 0 Å². The van der Waals surface area contributed by atoms with E-state index in [2.05, 4.69) is 29.5 Å². The molecule has 2 saturated heterocycles. The highest BCUT2D eigenvalue weighted by molar-refractivity contribution is 14.1. The van der Waals surface area contributed by atoms with E-state index in [0.29, 0.717) is 5.41 Å².